The van der Waals surface area contributed by atoms with Crippen LogP contribution < -0.4 is 10.2 Å². The zero-order valence-corrected chi connectivity index (χ0v) is 13.4. The van der Waals surface area contributed by atoms with Gasteiger partial charge in [-0.25, -0.2) is 8.78 Å². The molecule has 25 heavy (non-hydrogen) atoms. The van der Waals surface area contributed by atoms with Crippen molar-refractivity contribution in [2.75, 3.05) is 24.7 Å². The number of ether oxygens (including phenoxy) is 1. The predicted molar refractivity (Wildman–Crippen MR) is 83.4 cm³/mol. The van der Waals surface area contributed by atoms with Crippen molar-refractivity contribution in [2.24, 2.45) is 5.92 Å². The van der Waals surface area contributed by atoms with E-state index < -0.39 is 29.0 Å². The molecule has 1 aromatic rings. The Kier molecular flexibility index (Phi) is 4.68. The van der Waals surface area contributed by atoms with E-state index in [1.807, 2.05) is 0 Å². The van der Waals surface area contributed by atoms with Gasteiger partial charge in [0.2, 0.25) is 11.8 Å². The third-order valence-corrected chi connectivity index (χ3v) is 4.58. The summed E-state index contributed by atoms with van der Waals surface area (Å²) in [5, 5.41) is 12.1. The highest BCUT2D eigenvalue weighted by atomic mass is 19.1. The van der Waals surface area contributed by atoms with Crippen LogP contribution >= 0.6 is 0 Å². The Hall–Kier alpha value is -2.53. The molecule has 2 heterocycles. The summed E-state index contributed by atoms with van der Waals surface area (Å²) in [5.74, 6) is -3.05. The van der Waals surface area contributed by atoms with Crippen molar-refractivity contribution < 1.29 is 23.1 Å². The number of anilines is 1. The van der Waals surface area contributed by atoms with E-state index in [2.05, 4.69) is 11.4 Å². The fraction of sp³-hybridized carbons (Fsp3) is 0.471. The van der Waals surface area contributed by atoms with Gasteiger partial charge in [0.15, 0.2) is 0 Å². The maximum Gasteiger partial charge on any atom is 0.227 e. The van der Waals surface area contributed by atoms with Crippen molar-refractivity contribution in [2.45, 2.75) is 24.8 Å². The van der Waals surface area contributed by atoms with Crippen LogP contribution in [0.3, 0.4) is 0 Å². The van der Waals surface area contributed by atoms with Crippen LogP contribution in [0.5, 0.6) is 0 Å². The van der Waals surface area contributed by atoms with Crippen molar-refractivity contribution >= 4 is 17.5 Å². The van der Waals surface area contributed by atoms with Crippen LogP contribution in [-0.4, -0.2) is 37.1 Å². The van der Waals surface area contributed by atoms with E-state index in [1.54, 1.807) is 0 Å². The minimum absolute atomic E-state index is 0.0194. The molecule has 1 atom stereocenters. The number of halogens is 2. The fourth-order valence-electron chi connectivity index (χ4n) is 3.15. The Bertz CT molecular complexity index is 721. The third-order valence-electron chi connectivity index (χ3n) is 4.58. The highest BCUT2D eigenvalue weighted by Gasteiger charge is 2.40. The van der Waals surface area contributed by atoms with Gasteiger partial charge in [-0.3, -0.25) is 9.59 Å². The fourth-order valence-corrected chi connectivity index (χ4v) is 3.15. The summed E-state index contributed by atoms with van der Waals surface area (Å²) in [5.41, 5.74) is -0.907. The maximum absolute atomic E-state index is 13.4. The van der Waals surface area contributed by atoms with Gasteiger partial charge in [-0.05, 0) is 12.1 Å². The van der Waals surface area contributed by atoms with E-state index in [-0.39, 0.29) is 24.6 Å². The zero-order valence-electron chi connectivity index (χ0n) is 13.4. The van der Waals surface area contributed by atoms with Crippen LogP contribution in [0.25, 0.3) is 0 Å². The molecule has 0 spiro atoms. The van der Waals surface area contributed by atoms with Gasteiger partial charge in [-0.2, -0.15) is 5.26 Å². The summed E-state index contributed by atoms with van der Waals surface area (Å²) in [6.45, 7) is 0.782. The number of benzene rings is 1. The number of hydrogen-bond acceptors (Lipinski definition) is 4. The number of carbonyl (C=O) groups excluding carboxylic acids is 2. The predicted octanol–water partition coefficient (Wildman–Crippen LogP) is 1.51. The van der Waals surface area contributed by atoms with Gasteiger partial charge < -0.3 is 15.0 Å². The molecule has 1 aromatic carbocycles. The first-order valence-corrected chi connectivity index (χ1v) is 8.00. The van der Waals surface area contributed by atoms with E-state index in [0.717, 1.165) is 18.2 Å². The number of amides is 2. The van der Waals surface area contributed by atoms with E-state index >= 15 is 0 Å². The van der Waals surface area contributed by atoms with Crippen molar-refractivity contribution in [1.29, 1.82) is 5.26 Å². The van der Waals surface area contributed by atoms with Gasteiger partial charge >= 0.3 is 0 Å². The summed E-state index contributed by atoms with van der Waals surface area (Å²) in [7, 11) is 0. The van der Waals surface area contributed by atoms with Crippen LogP contribution in [0, 0.1) is 28.9 Å². The van der Waals surface area contributed by atoms with Gasteiger partial charge in [0.25, 0.3) is 0 Å². The third kappa shape index (κ3) is 3.61. The number of hydrogen-bond donors (Lipinski definition) is 1. The number of nitrogens with zero attached hydrogens (tertiary/aromatic N) is 2. The molecule has 3 rings (SSSR count). The summed E-state index contributed by atoms with van der Waals surface area (Å²) in [6.07, 6.45) is 0.700. The molecule has 2 aliphatic heterocycles. The Morgan fingerprint density at radius 3 is 2.52 bits per heavy atom. The van der Waals surface area contributed by atoms with Crippen LogP contribution in [-0.2, 0) is 14.3 Å². The first-order chi connectivity index (χ1) is 11.9. The second-order valence-corrected chi connectivity index (χ2v) is 6.33. The number of nitriles is 1. The SMILES string of the molecule is N#CC1(NC(=O)[C@H]2CC(=O)N(c3cc(F)cc(F)c3)C2)CCOCC1. The van der Waals surface area contributed by atoms with Crippen molar-refractivity contribution in [1.82, 2.24) is 5.32 Å². The first-order valence-electron chi connectivity index (χ1n) is 8.00. The minimum Gasteiger partial charge on any atom is -0.381 e. The van der Waals surface area contributed by atoms with E-state index in [9.17, 15) is 23.6 Å². The molecule has 2 fully saturated rings. The monoisotopic (exact) mass is 349 g/mol. The number of rotatable bonds is 3. The summed E-state index contributed by atoms with van der Waals surface area (Å²) in [4.78, 5) is 25.9. The Morgan fingerprint density at radius 2 is 1.92 bits per heavy atom. The molecule has 6 nitrogen and oxygen atoms in total. The average molecular weight is 349 g/mol. The van der Waals surface area contributed by atoms with E-state index in [4.69, 9.17) is 4.74 Å². The quantitative estimate of drug-likeness (QED) is 0.897. The average Bonchev–Trinajstić information content (AvgIpc) is 2.97. The lowest BCUT2D eigenvalue weighted by Crippen LogP contribution is -2.52. The van der Waals surface area contributed by atoms with Gasteiger partial charge in [0.1, 0.15) is 17.2 Å². The molecule has 0 saturated carbocycles. The topological polar surface area (TPSA) is 82.4 Å². The van der Waals surface area contributed by atoms with E-state index in [1.165, 1.54) is 4.90 Å². The summed E-state index contributed by atoms with van der Waals surface area (Å²) >= 11 is 0. The lowest BCUT2D eigenvalue weighted by atomic mass is 9.90. The smallest absolute Gasteiger partial charge is 0.227 e. The number of carbonyl (C=O) groups is 2. The number of nitrogens with one attached hydrogen (secondary N) is 1. The van der Waals surface area contributed by atoms with Gasteiger partial charge in [-0.15, -0.1) is 0 Å². The standard InChI is InChI=1S/C17H17F2N3O3/c18-12-6-13(19)8-14(7-12)22-9-11(5-15(22)23)16(24)21-17(10-20)1-3-25-4-2-17/h6-8,11H,1-5,9H2,(H,21,24)/t11-/m0/s1. The molecule has 132 valence electrons. The molecule has 2 saturated heterocycles. The van der Waals surface area contributed by atoms with Gasteiger partial charge in [0.05, 0.1) is 12.0 Å². The summed E-state index contributed by atoms with van der Waals surface area (Å²) in [6, 6.07) is 4.95. The lowest BCUT2D eigenvalue weighted by molar-refractivity contribution is -0.128. The minimum atomic E-state index is -0.989. The molecule has 2 amide bonds. The molecule has 0 aliphatic carbocycles. The van der Waals surface area contributed by atoms with Crippen LogP contribution in [0.15, 0.2) is 18.2 Å². The maximum atomic E-state index is 13.4. The van der Waals surface area contributed by atoms with E-state index in [0.29, 0.717) is 26.1 Å². The lowest BCUT2D eigenvalue weighted by Gasteiger charge is -2.32. The molecule has 0 radical (unpaired) electrons. The largest absolute Gasteiger partial charge is 0.381 e. The molecular weight excluding hydrogens is 332 g/mol. The van der Waals surface area contributed by atoms with Gasteiger partial charge in [-0.1, -0.05) is 0 Å². The van der Waals surface area contributed by atoms with Crippen LogP contribution in [0.4, 0.5) is 14.5 Å². The first kappa shape index (κ1) is 17.3. The Morgan fingerprint density at radius 1 is 1.28 bits per heavy atom. The van der Waals surface area contributed by atoms with Crippen molar-refractivity contribution in [3.8, 4) is 6.07 Å². The molecule has 0 unspecified atom stereocenters. The summed E-state index contributed by atoms with van der Waals surface area (Å²) < 4.78 is 31.9. The van der Waals surface area contributed by atoms with Gasteiger partial charge in [0, 0.05) is 50.8 Å². The zero-order chi connectivity index (χ0) is 18.0. The Labute approximate surface area is 143 Å². The van der Waals surface area contributed by atoms with Crippen molar-refractivity contribution in [3.63, 3.8) is 0 Å². The molecule has 2 aliphatic rings. The Balaban J connectivity index is 1.71. The molecular formula is C17H17F2N3O3. The highest BCUT2D eigenvalue weighted by molar-refractivity contribution is 6.00. The van der Waals surface area contributed by atoms with Crippen LogP contribution in [0.2, 0.25) is 0 Å². The molecule has 0 bridgehead atoms. The second kappa shape index (κ2) is 6.76. The highest BCUT2D eigenvalue weighted by Crippen LogP contribution is 2.28. The molecule has 1 N–H and O–H groups in total. The molecule has 8 heteroatoms. The van der Waals surface area contributed by atoms with Crippen molar-refractivity contribution in [3.05, 3.63) is 29.8 Å². The molecule has 0 aromatic heterocycles. The second-order valence-electron chi connectivity index (χ2n) is 6.33. The normalized spacial score (nSPS) is 22.5. The van der Waals surface area contributed by atoms with Crippen LogP contribution in [0.1, 0.15) is 19.3 Å².